The lowest BCUT2D eigenvalue weighted by molar-refractivity contribution is -0.138. The quantitative estimate of drug-likeness (QED) is 0.800. The maximum absolute atomic E-state index is 11.6. The lowest BCUT2D eigenvalue weighted by atomic mass is 10.1. The molecule has 0 aromatic heterocycles. The molecule has 0 aliphatic carbocycles. The number of carbonyl (C=O) groups excluding carboxylic acids is 1. The number of carboxylic acid groups (broad SMARTS) is 1. The first-order valence-corrected chi connectivity index (χ1v) is 6.31. The van der Waals surface area contributed by atoms with Crippen LogP contribution >= 0.6 is 23.2 Å². The summed E-state index contributed by atoms with van der Waals surface area (Å²) in [5.41, 5.74) is 0.698. The van der Waals surface area contributed by atoms with Gasteiger partial charge in [0.05, 0.1) is 6.04 Å². The maximum Gasteiger partial charge on any atom is 0.325 e. The van der Waals surface area contributed by atoms with Crippen LogP contribution in [0.15, 0.2) is 18.2 Å². The van der Waals surface area contributed by atoms with Crippen molar-refractivity contribution in [3.05, 3.63) is 33.8 Å². The van der Waals surface area contributed by atoms with Crippen LogP contribution in [-0.2, 0) is 4.79 Å². The average molecular weight is 305 g/mol. The number of carbonyl (C=O) groups is 2. The van der Waals surface area contributed by atoms with Crippen molar-refractivity contribution >= 4 is 35.2 Å². The first-order chi connectivity index (χ1) is 8.81. The summed E-state index contributed by atoms with van der Waals surface area (Å²) in [7, 11) is 0. The predicted molar refractivity (Wildman–Crippen MR) is 73.6 cm³/mol. The highest BCUT2D eigenvalue weighted by atomic mass is 35.5. The number of hydrogen-bond acceptors (Lipinski definition) is 2. The van der Waals surface area contributed by atoms with Crippen LogP contribution in [0.1, 0.15) is 25.5 Å². The van der Waals surface area contributed by atoms with E-state index in [1.54, 1.807) is 25.1 Å². The Morgan fingerprint density at radius 1 is 1.21 bits per heavy atom. The van der Waals surface area contributed by atoms with Gasteiger partial charge in [0.1, 0.15) is 6.04 Å². The van der Waals surface area contributed by atoms with Crippen molar-refractivity contribution in [2.45, 2.75) is 25.9 Å². The molecule has 1 unspecified atom stereocenters. The van der Waals surface area contributed by atoms with E-state index >= 15 is 0 Å². The molecule has 104 valence electrons. The van der Waals surface area contributed by atoms with Crippen LogP contribution in [0, 0.1) is 0 Å². The minimum atomic E-state index is -1.10. The Morgan fingerprint density at radius 2 is 1.84 bits per heavy atom. The monoisotopic (exact) mass is 304 g/mol. The van der Waals surface area contributed by atoms with Crippen LogP contribution < -0.4 is 10.6 Å². The molecule has 0 saturated heterocycles. The summed E-state index contributed by atoms with van der Waals surface area (Å²) in [6, 6.07) is 3.04. The Hall–Kier alpha value is -1.46. The number of halogens is 2. The third-order valence-corrected chi connectivity index (χ3v) is 3.06. The third kappa shape index (κ3) is 4.61. The number of amides is 2. The SMILES string of the molecule is CC(NC(=O)N[C@H](C)C(=O)O)c1ccc(Cl)cc1Cl. The van der Waals surface area contributed by atoms with Gasteiger partial charge >= 0.3 is 12.0 Å². The molecule has 19 heavy (non-hydrogen) atoms. The zero-order valence-electron chi connectivity index (χ0n) is 10.4. The van der Waals surface area contributed by atoms with Crippen molar-refractivity contribution in [1.82, 2.24) is 10.6 Å². The number of nitrogens with one attached hydrogen (secondary N) is 2. The van der Waals surface area contributed by atoms with E-state index in [0.717, 1.165) is 0 Å². The minimum absolute atomic E-state index is 0.370. The molecule has 1 rings (SSSR count). The van der Waals surface area contributed by atoms with Crippen LogP contribution in [0.5, 0.6) is 0 Å². The number of aliphatic carboxylic acids is 1. The van der Waals surface area contributed by atoms with E-state index in [4.69, 9.17) is 28.3 Å². The largest absolute Gasteiger partial charge is 0.480 e. The Labute approximate surface area is 120 Å². The topological polar surface area (TPSA) is 78.4 Å². The number of rotatable bonds is 4. The summed E-state index contributed by atoms with van der Waals surface area (Å²) in [6.07, 6.45) is 0. The third-order valence-electron chi connectivity index (χ3n) is 2.49. The molecule has 0 fully saturated rings. The van der Waals surface area contributed by atoms with Gasteiger partial charge in [0.15, 0.2) is 0 Å². The average Bonchev–Trinajstić information content (AvgIpc) is 2.27. The molecule has 2 amide bonds. The van der Waals surface area contributed by atoms with Crippen LogP contribution in [0.3, 0.4) is 0 Å². The van der Waals surface area contributed by atoms with Gasteiger partial charge in [-0.1, -0.05) is 29.3 Å². The summed E-state index contributed by atoms with van der Waals surface area (Å²) >= 11 is 11.8. The van der Waals surface area contributed by atoms with Crippen LogP contribution in [0.2, 0.25) is 10.0 Å². The second-order valence-electron chi connectivity index (χ2n) is 4.07. The summed E-state index contributed by atoms with van der Waals surface area (Å²) in [6.45, 7) is 3.11. The van der Waals surface area contributed by atoms with Crippen LogP contribution in [0.25, 0.3) is 0 Å². The maximum atomic E-state index is 11.6. The van der Waals surface area contributed by atoms with Crippen molar-refractivity contribution in [3.8, 4) is 0 Å². The minimum Gasteiger partial charge on any atom is -0.480 e. The van der Waals surface area contributed by atoms with Gasteiger partial charge in [0, 0.05) is 10.0 Å². The lowest BCUT2D eigenvalue weighted by Crippen LogP contribution is -2.45. The van der Waals surface area contributed by atoms with E-state index in [1.807, 2.05) is 0 Å². The molecule has 0 bridgehead atoms. The fraction of sp³-hybridized carbons (Fsp3) is 0.333. The molecule has 1 aromatic rings. The van der Waals surface area contributed by atoms with E-state index in [9.17, 15) is 9.59 Å². The molecule has 0 aliphatic rings. The lowest BCUT2D eigenvalue weighted by Gasteiger charge is -2.17. The van der Waals surface area contributed by atoms with Crippen LogP contribution in [-0.4, -0.2) is 23.1 Å². The molecule has 7 heteroatoms. The first-order valence-electron chi connectivity index (χ1n) is 5.56. The summed E-state index contributed by atoms with van der Waals surface area (Å²) in [4.78, 5) is 22.2. The second-order valence-corrected chi connectivity index (χ2v) is 4.91. The molecule has 0 heterocycles. The van der Waals surface area contributed by atoms with E-state index in [-0.39, 0.29) is 6.04 Å². The Kier molecular flexibility index (Phi) is 5.44. The molecule has 0 aliphatic heterocycles. The summed E-state index contributed by atoms with van der Waals surface area (Å²) in [5, 5.41) is 14.5. The van der Waals surface area contributed by atoms with Gasteiger partial charge in [-0.25, -0.2) is 4.79 Å². The Balaban J connectivity index is 2.66. The smallest absolute Gasteiger partial charge is 0.325 e. The van der Waals surface area contributed by atoms with Gasteiger partial charge in [-0.2, -0.15) is 0 Å². The zero-order valence-corrected chi connectivity index (χ0v) is 11.9. The number of urea groups is 1. The second kappa shape index (κ2) is 6.63. The highest BCUT2D eigenvalue weighted by Gasteiger charge is 2.17. The van der Waals surface area contributed by atoms with Crippen molar-refractivity contribution < 1.29 is 14.7 Å². The molecule has 5 nitrogen and oxygen atoms in total. The van der Waals surface area contributed by atoms with E-state index in [2.05, 4.69) is 10.6 Å². The zero-order chi connectivity index (χ0) is 14.6. The first kappa shape index (κ1) is 15.6. The van der Waals surface area contributed by atoms with Crippen molar-refractivity contribution in [2.75, 3.05) is 0 Å². The predicted octanol–water partition coefficient (Wildman–Crippen LogP) is 2.83. The highest BCUT2D eigenvalue weighted by Crippen LogP contribution is 2.25. The van der Waals surface area contributed by atoms with Gasteiger partial charge in [-0.15, -0.1) is 0 Å². The number of carboxylic acids is 1. The van der Waals surface area contributed by atoms with Crippen molar-refractivity contribution in [1.29, 1.82) is 0 Å². The van der Waals surface area contributed by atoms with Gasteiger partial charge in [-0.3, -0.25) is 4.79 Å². The fourth-order valence-electron chi connectivity index (χ4n) is 1.43. The molecule has 0 saturated carbocycles. The Bertz CT molecular complexity index is 494. The standard InChI is InChI=1S/C12H14Cl2N2O3/c1-6(9-4-3-8(13)5-10(9)14)15-12(19)16-7(2)11(17)18/h3-7H,1-2H3,(H,17,18)(H2,15,16,19)/t6?,7-/m1/s1. The van der Waals surface area contributed by atoms with Gasteiger partial charge in [0.2, 0.25) is 0 Å². The van der Waals surface area contributed by atoms with Gasteiger partial charge < -0.3 is 15.7 Å². The normalized spacial score (nSPS) is 13.5. The van der Waals surface area contributed by atoms with E-state index in [1.165, 1.54) is 6.92 Å². The van der Waals surface area contributed by atoms with E-state index < -0.39 is 18.0 Å². The van der Waals surface area contributed by atoms with Crippen LogP contribution in [0.4, 0.5) is 4.79 Å². The van der Waals surface area contributed by atoms with Crippen molar-refractivity contribution in [2.24, 2.45) is 0 Å². The summed E-state index contributed by atoms with van der Waals surface area (Å²) < 4.78 is 0. The molecular formula is C12H14Cl2N2O3. The van der Waals surface area contributed by atoms with Gasteiger partial charge in [-0.05, 0) is 31.5 Å². The number of hydrogen-bond donors (Lipinski definition) is 3. The molecule has 2 atom stereocenters. The van der Waals surface area contributed by atoms with E-state index in [0.29, 0.717) is 15.6 Å². The van der Waals surface area contributed by atoms with Crippen molar-refractivity contribution in [3.63, 3.8) is 0 Å². The molecule has 0 spiro atoms. The fourth-order valence-corrected chi connectivity index (χ4v) is 2.00. The molecular weight excluding hydrogens is 291 g/mol. The Morgan fingerprint density at radius 3 is 2.37 bits per heavy atom. The molecule has 0 radical (unpaired) electrons. The van der Waals surface area contributed by atoms with Gasteiger partial charge in [0.25, 0.3) is 0 Å². The molecule has 1 aromatic carbocycles. The molecule has 3 N–H and O–H groups in total. The number of benzene rings is 1. The highest BCUT2D eigenvalue weighted by molar-refractivity contribution is 6.35. The summed E-state index contributed by atoms with van der Waals surface area (Å²) in [5.74, 6) is -1.10.